The molecule has 124 valence electrons. The average Bonchev–Trinajstić information content (AvgIpc) is 2.78. The second-order valence-electron chi connectivity index (χ2n) is 5.65. The number of hydrogen-bond acceptors (Lipinski definition) is 3. The summed E-state index contributed by atoms with van der Waals surface area (Å²) in [6.45, 7) is 9.03. The van der Waals surface area contributed by atoms with Gasteiger partial charge in [-0.15, -0.1) is 0 Å². The number of allylic oxidation sites excluding steroid dienone is 1. The highest BCUT2D eigenvalue weighted by molar-refractivity contribution is 5.58. The van der Waals surface area contributed by atoms with Crippen LogP contribution in [0.1, 0.15) is 51.7 Å². The van der Waals surface area contributed by atoms with Crippen LogP contribution in [0.15, 0.2) is 24.3 Å². The number of ether oxygens (including phenoxy) is 1. The quantitative estimate of drug-likeness (QED) is 0.840. The van der Waals surface area contributed by atoms with Crippen LogP contribution in [0.4, 0.5) is 0 Å². The van der Waals surface area contributed by atoms with Gasteiger partial charge >= 0.3 is 0 Å². The summed E-state index contributed by atoms with van der Waals surface area (Å²) in [5.74, 6) is 0.914. The molecule has 0 aromatic heterocycles. The lowest BCUT2D eigenvalue weighted by molar-refractivity contribution is 0.104. The molecular formula is C19H31NO2. The molecule has 3 heteroatoms. The molecule has 0 saturated heterocycles. The molecule has 2 N–H and O–H groups in total. The molecule has 0 aliphatic heterocycles. The van der Waals surface area contributed by atoms with Crippen LogP contribution in [0.25, 0.3) is 6.08 Å². The van der Waals surface area contributed by atoms with E-state index in [-0.39, 0.29) is 0 Å². The monoisotopic (exact) mass is 305 g/mol. The van der Waals surface area contributed by atoms with Crippen LogP contribution in [0.2, 0.25) is 0 Å². The van der Waals surface area contributed by atoms with E-state index >= 15 is 0 Å². The van der Waals surface area contributed by atoms with E-state index in [1.807, 2.05) is 26.0 Å². The van der Waals surface area contributed by atoms with Crippen molar-refractivity contribution < 1.29 is 9.84 Å². The van der Waals surface area contributed by atoms with Crippen molar-refractivity contribution in [2.24, 2.45) is 0 Å². The lowest BCUT2D eigenvalue weighted by Gasteiger charge is -2.17. The van der Waals surface area contributed by atoms with Crippen LogP contribution in [-0.4, -0.2) is 30.4 Å². The SMILES string of the molecule is CC.CC(C)NCC(O)COc1cccc2c1CCCC=C2. The summed E-state index contributed by atoms with van der Waals surface area (Å²) in [6, 6.07) is 6.52. The first kappa shape index (κ1) is 18.7. The molecule has 0 radical (unpaired) electrons. The number of hydrogen-bond donors (Lipinski definition) is 2. The summed E-state index contributed by atoms with van der Waals surface area (Å²) in [7, 11) is 0. The van der Waals surface area contributed by atoms with E-state index in [1.165, 1.54) is 11.1 Å². The first-order valence-corrected chi connectivity index (χ1v) is 8.49. The second-order valence-corrected chi connectivity index (χ2v) is 5.65. The van der Waals surface area contributed by atoms with E-state index in [1.54, 1.807) is 0 Å². The molecule has 3 nitrogen and oxygen atoms in total. The van der Waals surface area contributed by atoms with Crippen molar-refractivity contribution in [1.29, 1.82) is 0 Å². The summed E-state index contributed by atoms with van der Waals surface area (Å²) in [5, 5.41) is 13.1. The predicted octanol–water partition coefficient (Wildman–Crippen LogP) is 3.80. The van der Waals surface area contributed by atoms with Gasteiger partial charge in [0.05, 0.1) is 0 Å². The molecule has 22 heavy (non-hydrogen) atoms. The number of aliphatic hydroxyl groups excluding tert-OH is 1. The van der Waals surface area contributed by atoms with Gasteiger partial charge in [-0.2, -0.15) is 0 Å². The Morgan fingerprint density at radius 2 is 2.05 bits per heavy atom. The van der Waals surface area contributed by atoms with Crippen LogP contribution >= 0.6 is 0 Å². The zero-order valence-corrected chi connectivity index (χ0v) is 14.4. The fourth-order valence-corrected chi connectivity index (χ4v) is 2.37. The molecule has 2 rings (SSSR count). The maximum absolute atomic E-state index is 9.92. The van der Waals surface area contributed by atoms with Crippen molar-refractivity contribution in [2.45, 2.75) is 59.1 Å². The molecule has 0 heterocycles. The topological polar surface area (TPSA) is 41.5 Å². The van der Waals surface area contributed by atoms with E-state index < -0.39 is 6.10 Å². The Balaban J connectivity index is 0.00000116. The van der Waals surface area contributed by atoms with E-state index in [9.17, 15) is 5.11 Å². The lowest BCUT2D eigenvalue weighted by Crippen LogP contribution is -2.35. The average molecular weight is 305 g/mol. The number of rotatable bonds is 6. The van der Waals surface area contributed by atoms with Gasteiger partial charge in [-0.1, -0.05) is 52.0 Å². The third-order valence-electron chi connectivity index (χ3n) is 3.46. The fourth-order valence-electron chi connectivity index (χ4n) is 2.37. The van der Waals surface area contributed by atoms with Gasteiger partial charge < -0.3 is 15.2 Å². The van der Waals surface area contributed by atoms with Gasteiger partial charge in [0.2, 0.25) is 0 Å². The van der Waals surface area contributed by atoms with Crippen molar-refractivity contribution in [3.05, 3.63) is 35.4 Å². The summed E-state index contributed by atoms with van der Waals surface area (Å²) in [6.07, 6.45) is 7.23. The smallest absolute Gasteiger partial charge is 0.123 e. The lowest BCUT2D eigenvalue weighted by atomic mass is 10.0. The summed E-state index contributed by atoms with van der Waals surface area (Å²) < 4.78 is 5.83. The Kier molecular flexibility index (Phi) is 8.86. The molecule has 0 spiro atoms. The summed E-state index contributed by atoms with van der Waals surface area (Å²) in [5.41, 5.74) is 2.51. The van der Waals surface area contributed by atoms with E-state index in [2.05, 4.69) is 37.4 Å². The van der Waals surface area contributed by atoms with Crippen molar-refractivity contribution in [3.8, 4) is 5.75 Å². The minimum atomic E-state index is -0.477. The van der Waals surface area contributed by atoms with Crippen molar-refractivity contribution in [1.82, 2.24) is 5.32 Å². The molecule has 0 bridgehead atoms. The number of benzene rings is 1. The zero-order valence-electron chi connectivity index (χ0n) is 14.4. The minimum absolute atomic E-state index is 0.333. The highest BCUT2D eigenvalue weighted by Gasteiger charge is 2.12. The van der Waals surface area contributed by atoms with Gasteiger partial charge in [-0.25, -0.2) is 0 Å². The Morgan fingerprint density at radius 1 is 1.27 bits per heavy atom. The molecule has 1 aliphatic carbocycles. The number of aliphatic hydroxyl groups is 1. The minimum Gasteiger partial charge on any atom is -0.491 e. The van der Waals surface area contributed by atoms with Gasteiger partial charge in [0.1, 0.15) is 18.5 Å². The largest absolute Gasteiger partial charge is 0.491 e. The maximum Gasteiger partial charge on any atom is 0.123 e. The van der Waals surface area contributed by atoms with Gasteiger partial charge in [-0.05, 0) is 30.9 Å². The maximum atomic E-state index is 9.92. The Hall–Kier alpha value is -1.32. The van der Waals surface area contributed by atoms with Crippen LogP contribution in [0.3, 0.4) is 0 Å². The normalized spacial score (nSPS) is 14.6. The van der Waals surface area contributed by atoms with Crippen LogP contribution in [-0.2, 0) is 6.42 Å². The first-order chi connectivity index (χ1) is 10.7. The standard InChI is InChI=1S/C17H25NO2.C2H6/c1-13(2)18-11-15(19)12-20-17-10-6-8-14-7-4-3-5-9-16(14)17;1-2/h4,6-8,10,13,15,18-19H,3,5,9,11-12H2,1-2H3;1-2H3. The van der Waals surface area contributed by atoms with Gasteiger partial charge in [-0.3, -0.25) is 0 Å². The Labute approximate surface area is 135 Å². The second kappa shape index (κ2) is 10.4. The Morgan fingerprint density at radius 3 is 2.77 bits per heavy atom. The zero-order chi connectivity index (χ0) is 16.4. The molecule has 1 unspecified atom stereocenters. The molecule has 1 atom stereocenters. The highest BCUT2D eigenvalue weighted by Crippen LogP contribution is 2.28. The van der Waals surface area contributed by atoms with E-state index in [0.29, 0.717) is 19.2 Å². The van der Waals surface area contributed by atoms with Crippen molar-refractivity contribution >= 4 is 6.08 Å². The molecule has 1 aromatic carbocycles. The third-order valence-corrected chi connectivity index (χ3v) is 3.46. The molecule has 0 fully saturated rings. The summed E-state index contributed by atoms with van der Waals surface area (Å²) in [4.78, 5) is 0. The molecule has 1 aliphatic rings. The van der Waals surface area contributed by atoms with Gasteiger partial charge in [0, 0.05) is 18.2 Å². The number of fused-ring (bicyclic) bond motifs is 1. The van der Waals surface area contributed by atoms with Crippen LogP contribution < -0.4 is 10.1 Å². The van der Waals surface area contributed by atoms with Gasteiger partial charge in [0.25, 0.3) is 0 Å². The molecule has 0 amide bonds. The summed E-state index contributed by atoms with van der Waals surface area (Å²) >= 11 is 0. The van der Waals surface area contributed by atoms with E-state index in [4.69, 9.17) is 4.74 Å². The third kappa shape index (κ3) is 6.20. The highest BCUT2D eigenvalue weighted by atomic mass is 16.5. The van der Waals surface area contributed by atoms with Crippen molar-refractivity contribution in [2.75, 3.05) is 13.2 Å². The van der Waals surface area contributed by atoms with Gasteiger partial charge in [0.15, 0.2) is 0 Å². The van der Waals surface area contributed by atoms with Crippen LogP contribution in [0, 0.1) is 0 Å². The molecule has 0 saturated carbocycles. The van der Waals surface area contributed by atoms with E-state index in [0.717, 1.165) is 25.0 Å². The van der Waals surface area contributed by atoms with Crippen molar-refractivity contribution in [3.63, 3.8) is 0 Å². The first-order valence-electron chi connectivity index (χ1n) is 8.49. The molecule has 1 aromatic rings. The van der Waals surface area contributed by atoms with Crippen LogP contribution in [0.5, 0.6) is 5.75 Å². The Bertz CT molecular complexity index is 455. The fraction of sp³-hybridized carbons (Fsp3) is 0.579. The molecular weight excluding hydrogens is 274 g/mol. The predicted molar refractivity (Wildman–Crippen MR) is 94.4 cm³/mol. The number of nitrogens with one attached hydrogen (secondary N) is 1.